The number of aryl methyl sites for hydroxylation is 1. The number of nitrogens with one attached hydrogen (secondary N) is 1. The van der Waals surface area contributed by atoms with Gasteiger partial charge in [-0.25, -0.2) is 14.4 Å². The monoisotopic (exact) mass is 335 g/mol. The second-order valence-electron chi connectivity index (χ2n) is 5.58. The highest BCUT2D eigenvalue weighted by molar-refractivity contribution is 6.04. The molecule has 1 amide bonds. The van der Waals surface area contributed by atoms with Crippen LogP contribution in [0, 0.1) is 12.7 Å². The topological polar surface area (TPSA) is 64.2 Å². The smallest absolute Gasteiger partial charge is 0.257 e. The molecule has 0 atom stereocenters. The van der Waals surface area contributed by atoms with Crippen molar-refractivity contribution in [2.45, 2.75) is 6.92 Å². The van der Waals surface area contributed by atoms with Gasteiger partial charge in [0.2, 0.25) is 0 Å². The van der Waals surface area contributed by atoms with Gasteiger partial charge in [0.1, 0.15) is 17.3 Å². The van der Waals surface area contributed by atoms with Gasteiger partial charge in [0.15, 0.2) is 0 Å². The van der Waals surface area contributed by atoms with Crippen LogP contribution >= 0.6 is 0 Å². The van der Waals surface area contributed by atoms with E-state index < -0.39 is 5.82 Å². The Morgan fingerprint density at radius 3 is 2.72 bits per heavy atom. The average Bonchev–Trinajstić information content (AvgIpc) is 3.23. The van der Waals surface area contributed by atoms with Gasteiger partial charge in [-0.1, -0.05) is 0 Å². The Bertz CT molecular complexity index is 1080. The normalized spacial score (nSPS) is 11.0. The number of rotatable bonds is 3. The number of nitrogens with zero attached hydrogens (tertiary/aromatic N) is 4. The summed E-state index contributed by atoms with van der Waals surface area (Å²) < 4.78 is 17.8. The fourth-order valence-electron chi connectivity index (χ4n) is 2.67. The standard InChI is InChI=1S/C18H14FN5O/c1-12-20-7-9-24(12)16-4-3-14(10-15(16)19)22-18(25)13-2-5-17-21-6-8-23(17)11-13/h2-11H,1H3,(H,22,25). The first-order valence-electron chi connectivity index (χ1n) is 7.66. The van der Waals surface area contributed by atoms with Gasteiger partial charge in [0, 0.05) is 36.7 Å². The number of pyridine rings is 1. The summed E-state index contributed by atoms with van der Waals surface area (Å²) in [5.74, 6) is -0.0742. The first-order chi connectivity index (χ1) is 12.1. The van der Waals surface area contributed by atoms with Crippen molar-refractivity contribution in [3.05, 3.63) is 78.5 Å². The SMILES string of the molecule is Cc1nccn1-c1ccc(NC(=O)c2ccc3nccn3c2)cc1F. The molecule has 25 heavy (non-hydrogen) atoms. The van der Waals surface area contributed by atoms with Gasteiger partial charge >= 0.3 is 0 Å². The minimum atomic E-state index is -0.441. The van der Waals surface area contributed by atoms with Crippen molar-refractivity contribution in [2.24, 2.45) is 0 Å². The van der Waals surface area contributed by atoms with Gasteiger partial charge in [0.25, 0.3) is 5.91 Å². The number of aromatic nitrogens is 4. The molecule has 0 fully saturated rings. The maximum Gasteiger partial charge on any atom is 0.257 e. The van der Waals surface area contributed by atoms with E-state index in [4.69, 9.17) is 0 Å². The highest BCUT2D eigenvalue weighted by Crippen LogP contribution is 2.20. The molecule has 0 aliphatic carbocycles. The van der Waals surface area contributed by atoms with Crippen molar-refractivity contribution < 1.29 is 9.18 Å². The van der Waals surface area contributed by atoms with E-state index in [2.05, 4.69) is 15.3 Å². The maximum atomic E-state index is 14.4. The van der Waals surface area contributed by atoms with Crippen LogP contribution in [0.1, 0.15) is 16.2 Å². The van der Waals surface area contributed by atoms with E-state index in [1.54, 1.807) is 71.1 Å². The van der Waals surface area contributed by atoms with Crippen molar-refractivity contribution in [1.29, 1.82) is 0 Å². The third-order valence-corrected chi connectivity index (χ3v) is 3.94. The summed E-state index contributed by atoms with van der Waals surface area (Å²) in [5, 5.41) is 2.71. The summed E-state index contributed by atoms with van der Waals surface area (Å²) >= 11 is 0. The Hall–Kier alpha value is -3.48. The number of benzene rings is 1. The van der Waals surface area contributed by atoms with E-state index in [1.165, 1.54) is 6.07 Å². The number of anilines is 1. The summed E-state index contributed by atoms with van der Waals surface area (Å²) in [4.78, 5) is 20.6. The van der Waals surface area contributed by atoms with Gasteiger partial charge in [-0.15, -0.1) is 0 Å². The number of fused-ring (bicyclic) bond motifs is 1. The van der Waals surface area contributed by atoms with Crippen molar-refractivity contribution in [2.75, 3.05) is 5.32 Å². The molecular formula is C18H14FN5O. The molecule has 124 valence electrons. The average molecular weight is 335 g/mol. The highest BCUT2D eigenvalue weighted by atomic mass is 19.1. The number of imidazole rings is 2. The number of halogens is 1. The second-order valence-corrected chi connectivity index (χ2v) is 5.58. The highest BCUT2D eigenvalue weighted by Gasteiger charge is 2.11. The lowest BCUT2D eigenvalue weighted by Crippen LogP contribution is -2.13. The summed E-state index contributed by atoms with van der Waals surface area (Å²) in [7, 11) is 0. The minimum Gasteiger partial charge on any atom is -0.322 e. The summed E-state index contributed by atoms with van der Waals surface area (Å²) in [6, 6.07) is 7.99. The molecule has 0 saturated heterocycles. The lowest BCUT2D eigenvalue weighted by atomic mass is 10.2. The molecule has 1 aromatic carbocycles. The van der Waals surface area contributed by atoms with E-state index in [0.29, 0.717) is 22.8 Å². The van der Waals surface area contributed by atoms with Crippen molar-refractivity contribution in [3.63, 3.8) is 0 Å². The van der Waals surface area contributed by atoms with Crippen molar-refractivity contribution in [1.82, 2.24) is 18.9 Å². The summed E-state index contributed by atoms with van der Waals surface area (Å²) in [6.07, 6.45) is 8.39. The van der Waals surface area contributed by atoms with Crippen LogP contribution in [-0.2, 0) is 0 Å². The van der Waals surface area contributed by atoms with Gasteiger partial charge < -0.3 is 14.3 Å². The zero-order valence-electron chi connectivity index (χ0n) is 13.3. The molecule has 0 bridgehead atoms. The largest absolute Gasteiger partial charge is 0.322 e. The van der Waals surface area contributed by atoms with E-state index in [-0.39, 0.29) is 5.91 Å². The number of hydrogen-bond donors (Lipinski definition) is 1. The van der Waals surface area contributed by atoms with E-state index in [0.717, 1.165) is 5.65 Å². The molecule has 6 nitrogen and oxygen atoms in total. The molecule has 7 heteroatoms. The van der Waals surface area contributed by atoms with Crippen LogP contribution in [0.2, 0.25) is 0 Å². The first kappa shape index (κ1) is 15.1. The zero-order valence-corrected chi connectivity index (χ0v) is 13.3. The third-order valence-electron chi connectivity index (χ3n) is 3.94. The number of hydrogen-bond acceptors (Lipinski definition) is 3. The van der Waals surface area contributed by atoms with Crippen LogP contribution in [0.4, 0.5) is 10.1 Å². The molecule has 3 aromatic heterocycles. The van der Waals surface area contributed by atoms with Gasteiger partial charge in [0.05, 0.1) is 11.3 Å². The maximum absolute atomic E-state index is 14.4. The van der Waals surface area contributed by atoms with Gasteiger partial charge in [-0.3, -0.25) is 4.79 Å². The predicted octanol–water partition coefficient (Wildman–Crippen LogP) is 3.22. The van der Waals surface area contributed by atoms with Crippen LogP contribution in [0.15, 0.2) is 61.3 Å². The first-order valence-corrected chi connectivity index (χ1v) is 7.66. The molecule has 3 heterocycles. The zero-order chi connectivity index (χ0) is 17.4. The molecule has 0 saturated carbocycles. The lowest BCUT2D eigenvalue weighted by Gasteiger charge is -2.10. The predicted molar refractivity (Wildman–Crippen MR) is 91.4 cm³/mol. The van der Waals surface area contributed by atoms with E-state index in [9.17, 15) is 9.18 Å². The van der Waals surface area contributed by atoms with Crippen molar-refractivity contribution >= 4 is 17.2 Å². The Balaban J connectivity index is 1.59. The van der Waals surface area contributed by atoms with Crippen LogP contribution in [-0.4, -0.2) is 24.8 Å². The molecule has 0 aliphatic heterocycles. The van der Waals surface area contributed by atoms with Gasteiger partial charge in [-0.2, -0.15) is 0 Å². The van der Waals surface area contributed by atoms with E-state index >= 15 is 0 Å². The lowest BCUT2D eigenvalue weighted by molar-refractivity contribution is 0.102. The quantitative estimate of drug-likeness (QED) is 0.625. The Morgan fingerprint density at radius 1 is 1.12 bits per heavy atom. The second kappa shape index (κ2) is 5.86. The molecule has 4 aromatic rings. The molecule has 0 aliphatic rings. The van der Waals surface area contributed by atoms with Crippen molar-refractivity contribution in [3.8, 4) is 5.69 Å². The van der Waals surface area contributed by atoms with Crippen LogP contribution in [0.25, 0.3) is 11.3 Å². The molecular weight excluding hydrogens is 321 g/mol. The minimum absolute atomic E-state index is 0.318. The fraction of sp³-hybridized carbons (Fsp3) is 0.0556. The molecule has 4 rings (SSSR count). The molecule has 0 unspecified atom stereocenters. The number of amides is 1. The Morgan fingerprint density at radius 2 is 1.96 bits per heavy atom. The van der Waals surface area contributed by atoms with Crippen LogP contribution in [0.3, 0.4) is 0 Å². The van der Waals surface area contributed by atoms with Crippen LogP contribution < -0.4 is 5.32 Å². The van der Waals surface area contributed by atoms with Crippen LogP contribution in [0.5, 0.6) is 0 Å². The number of carbonyl (C=O) groups is 1. The fourth-order valence-corrected chi connectivity index (χ4v) is 2.67. The van der Waals surface area contributed by atoms with E-state index in [1.807, 2.05) is 0 Å². The summed E-state index contributed by atoms with van der Waals surface area (Å²) in [5.41, 5.74) is 1.98. The third kappa shape index (κ3) is 2.76. The molecule has 0 radical (unpaired) electrons. The van der Waals surface area contributed by atoms with Gasteiger partial charge in [-0.05, 0) is 37.3 Å². The summed E-state index contributed by atoms with van der Waals surface area (Å²) in [6.45, 7) is 1.79. The Labute approximate surface area is 142 Å². The Kier molecular flexibility index (Phi) is 3.53. The number of carbonyl (C=O) groups excluding carboxylic acids is 1. The molecule has 0 spiro atoms. The molecule has 1 N–H and O–H groups in total.